The lowest BCUT2D eigenvalue weighted by atomic mass is 10.1. The van der Waals surface area contributed by atoms with Crippen molar-refractivity contribution in [3.05, 3.63) is 28.3 Å². The van der Waals surface area contributed by atoms with Crippen molar-refractivity contribution < 1.29 is 17.6 Å². The van der Waals surface area contributed by atoms with Crippen molar-refractivity contribution in [3.8, 4) is 0 Å². The Labute approximate surface area is 144 Å². The van der Waals surface area contributed by atoms with Crippen LogP contribution in [0, 0.1) is 10.6 Å². The van der Waals surface area contributed by atoms with E-state index in [1.807, 2.05) is 0 Å². The number of amides is 1. The minimum Gasteiger partial charge on any atom is -0.352 e. The van der Waals surface area contributed by atoms with Gasteiger partial charge in [0.25, 0.3) is 5.91 Å². The van der Waals surface area contributed by atoms with Gasteiger partial charge in [-0.3, -0.25) is 4.79 Å². The first kappa shape index (κ1) is 18.6. The van der Waals surface area contributed by atoms with Crippen molar-refractivity contribution >= 4 is 39.2 Å². The Morgan fingerprint density at radius 3 is 2.75 bits per heavy atom. The van der Waals surface area contributed by atoms with Gasteiger partial charge in [-0.2, -0.15) is 0 Å². The van der Waals surface area contributed by atoms with Crippen LogP contribution < -0.4 is 5.32 Å². The van der Waals surface area contributed by atoms with Crippen molar-refractivity contribution in [2.24, 2.45) is 0 Å². The Hall–Kier alpha value is -1.78. The molecule has 7 nitrogen and oxygen atoms in total. The Bertz CT molecular complexity index is 904. The number of nitrogens with one attached hydrogen (secondary N) is 3. The third-order valence-electron chi connectivity index (χ3n) is 3.61. The number of carbonyl (C=O) groups is 1. The van der Waals surface area contributed by atoms with Crippen LogP contribution in [0.15, 0.2) is 12.1 Å². The van der Waals surface area contributed by atoms with Crippen molar-refractivity contribution in [1.29, 1.82) is 0 Å². The summed E-state index contributed by atoms with van der Waals surface area (Å²) in [7, 11) is -1.74. The van der Waals surface area contributed by atoms with E-state index in [2.05, 4.69) is 15.3 Å². The molecule has 10 heteroatoms. The number of rotatable bonds is 7. The minimum atomic E-state index is -3.23. The highest BCUT2D eigenvalue weighted by Crippen LogP contribution is 2.17. The summed E-state index contributed by atoms with van der Waals surface area (Å²) in [6, 6.07) is 2.38. The highest BCUT2D eigenvalue weighted by Gasteiger charge is 2.16. The van der Waals surface area contributed by atoms with Gasteiger partial charge in [0, 0.05) is 20.1 Å². The third-order valence-corrected chi connectivity index (χ3v) is 5.68. The Morgan fingerprint density at radius 1 is 1.38 bits per heavy atom. The number of benzene rings is 1. The number of aromatic amines is 2. The first-order chi connectivity index (χ1) is 11.2. The SMILES string of the molecule is CCS(=O)(=O)N(C)CCCNC(=O)c1cc(F)cc2[nH]c(=S)[nH]c12. The summed E-state index contributed by atoms with van der Waals surface area (Å²) in [6.07, 6.45) is 0.447. The molecule has 0 aliphatic rings. The summed E-state index contributed by atoms with van der Waals surface area (Å²) in [6.45, 7) is 2.14. The number of halogens is 1. The molecule has 1 heterocycles. The van der Waals surface area contributed by atoms with Crippen LogP contribution >= 0.6 is 12.2 Å². The fourth-order valence-electron chi connectivity index (χ4n) is 2.24. The van der Waals surface area contributed by atoms with Gasteiger partial charge in [-0.05, 0) is 37.7 Å². The van der Waals surface area contributed by atoms with E-state index in [4.69, 9.17) is 12.2 Å². The molecular weight excluding hydrogens is 355 g/mol. The fraction of sp³-hybridized carbons (Fsp3) is 0.429. The molecule has 2 rings (SSSR count). The predicted octanol–water partition coefficient (Wildman–Crippen LogP) is 1.77. The zero-order valence-electron chi connectivity index (χ0n) is 13.3. The van der Waals surface area contributed by atoms with Crippen LogP contribution in [0.2, 0.25) is 0 Å². The Balaban J connectivity index is 2.00. The monoisotopic (exact) mass is 374 g/mol. The second kappa shape index (κ2) is 7.41. The van der Waals surface area contributed by atoms with Crippen LogP contribution in [0.1, 0.15) is 23.7 Å². The molecule has 0 aliphatic heterocycles. The summed E-state index contributed by atoms with van der Waals surface area (Å²) in [4.78, 5) is 17.8. The molecule has 3 N–H and O–H groups in total. The van der Waals surface area contributed by atoms with Crippen LogP contribution in [0.5, 0.6) is 0 Å². The van der Waals surface area contributed by atoms with Gasteiger partial charge >= 0.3 is 0 Å². The van der Waals surface area contributed by atoms with Gasteiger partial charge in [-0.1, -0.05) is 0 Å². The topological polar surface area (TPSA) is 98.1 Å². The summed E-state index contributed by atoms with van der Waals surface area (Å²) in [5, 5.41) is 2.66. The molecule has 0 aliphatic carbocycles. The average Bonchev–Trinajstić information content (AvgIpc) is 2.89. The number of hydrogen-bond donors (Lipinski definition) is 3. The van der Waals surface area contributed by atoms with Crippen molar-refractivity contribution in [1.82, 2.24) is 19.6 Å². The molecule has 0 atom stereocenters. The highest BCUT2D eigenvalue weighted by atomic mass is 32.2. The van der Waals surface area contributed by atoms with Gasteiger partial charge < -0.3 is 15.3 Å². The second-order valence-corrected chi connectivity index (χ2v) is 8.06. The molecule has 1 amide bonds. The van der Waals surface area contributed by atoms with E-state index >= 15 is 0 Å². The summed E-state index contributed by atoms with van der Waals surface area (Å²) < 4.78 is 38.4. The number of fused-ring (bicyclic) bond motifs is 1. The van der Waals surface area contributed by atoms with Gasteiger partial charge in [-0.15, -0.1) is 0 Å². The average molecular weight is 374 g/mol. The van der Waals surface area contributed by atoms with E-state index in [0.29, 0.717) is 28.8 Å². The van der Waals surface area contributed by atoms with Gasteiger partial charge in [0.15, 0.2) is 4.77 Å². The highest BCUT2D eigenvalue weighted by molar-refractivity contribution is 7.89. The van der Waals surface area contributed by atoms with Crippen molar-refractivity contribution in [2.45, 2.75) is 13.3 Å². The smallest absolute Gasteiger partial charge is 0.253 e. The standard InChI is InChI=1S/C14H19FN4O3S2/c1-3-24(21,22)19(2)6-4-5-16-13(20)10-7-9(15)8-11-12(10)18-14(23)17-11/h7-8H,3-6H2,1-2H3,(H,16,20)(H2,17,18,23). The molecule has 2 aromatic rings. The lowest BCUT2D eigenvalue weighted by molar-refractivity contribution is 0.0954. The zero-order chi connectivity index (χ0) is 17.9. The zero-order valence-corrected chi connectivity index (χ0v) is 15.0. The molecule has 0 saturated heterocycles. The quantitative estimate of drug-likeness (QED) is 0.508. The van der Waals surface area contributed by atoms with Gasteiger partial charge in [0.1, 0.15) is 5.82 Å². The van der Waals surface area contributed by atoms with Gasteiger partial charge in [0.05, 0.1) is 22.3 Å². The number of sulfonamides is 1. The summed E-state index contributed by atoms with van der Waals surface area (Å²) in [5.74, 6) is -0.971. The van der Waals surface area contributed by atoms with Crippen LogP contribution in [-0.4, -0.2) is 54.5 Å². The Morgan fingerprint density at radius 2 is 2.08 bits per heavy atom. The van der Waals surface area contributed by atoms with Gasteiger partial charge in [-0.25, -0.2) is 17.1 Å². The van der Waals surface area contributed by atoms with E-state index in [9.17, 15) is 17.6 Å². The molecule has 0 radical (unpaired) electrons. The van der Waals surface area contributed by atoms with E-state index in [1.165, 1.54) is 17.4 Å². The lowest BCUT2D eigenvalue weighted by Crippen LogP contribution is -2.32. The van der Waals surface area contributed by atoms with E-state index in [1.54, 1.807) is 6.92 Å². The third kappa shape index (κ3) is 4.19. The lowest BCUT2D eigenvalue weighted by Gasteiger charge is -2.15. The maximum Gasteiger partial charge on any atom is 0.253 e. The first-order valence-corrected chi connectivity index (χ1v) is 9.40. The summed E-state index contributed by atoms with van der Waals surface area (Å²) in [5.41, 5.74) is 0.996. The molecule has 1 aromatic carbocycles. The maximum atomic E-state index is 13.6. The normalized spacial score (nSPS) is 12.0. The van der Waals surface area contributed by atoms with Crippen LogP contribution in [0.4, 0.5) is 4.39 Å². The Kier molecular flexibility index (Phi) is 5.73. The largest absolute Gasteiger partial charge is 0.352 e. The molecule has 0 saturated carbocycles. The minimum absolute atomic E-state index is 0.0316. The van der Waals surface area contributed by atoms with Gasteiger partial charge in [0.2, 0.25) is 10.0 Å². The number of imidazole rings is 1. The summed E-state index contributed by atoms with van der Waals surface area (Å²) >= 11 is 4.96. The number of aromatic nitrogens is 2. The van der Waals surface area contributed by atoms with E-state index < -0.39 is 21.7 Å². The van der Waals surface area contributed by atoms with E-state index in [0.717, 1.165) is 6.07 Å². The molecule has 0 unspecified atom stereocenters. The number of carbonyl (C=O) groups excluding carboxylic acids is 1. The van der Waals surface area contributed by atoms with Crippen LogP contribution in [0.25, 0.3) is 11.0 Å². The number of H-pyrrole nitrogens is 2. The second-order valence-electron chi connectivity index (χ2n) is 5.29. The van der Waals surface area contributed by atoms with Crippen LogP contribution in [-0.2, 0) is 10.0 Å². The van der Waals surface area contributed by atoms with Crippen molar-refractivity contribution in [2.75, 3.05) is 25.9 Å². The molecule has 0 spiro atoms. The molecule has 1 aromatic heterocycles. The molecular formula is C14H19FN4O3S2. The number of hydrogen-bond acceptors (Lipinski definition) is 4. The molecule has 132 valence electrons. The van der Waals surface area contributed by atoms with Crippen molar-refractivity contribution in [3.63, 3.8) is 0 Å². The molecule has 0 fully saturated rings. The van der Waals surface area contributed by atoms with Crippen LogP contribution in [0.3, 0.4) is 0 Å². The predicted molar refractivity (Wildman–Crippen MR) is 92.5 cm³/mol. The maximum absolute atomic E-state index is 13.6. The molecule has 24 heavy (non-hydrogen) atoms. The number of nitrogens with zero attached hydrogens (tertiary/aromatic N) is 1. The van der Waals surface area contributed by atoms with E-state index in [-0.39, 0.29) is 17.9 Å². The first-order valence-electron chi connectivity index (χ1n) is 7.38. The fourth-order valence-corrected chi connectivity index (χ4v) is 3.30. The molecule has 0 bridgehead atoms.